The van der Waals surface area contributed by atoms with Gasteiger partial charge in [-0.15, -0.1) is 0 Å². The summed E-state index contributed by atoms with van der Waals surface area (Å²) in [6.45, 7) is 6.73. The van der Waals surface area contributed by atoms with Crippen molar-refractivity contribution in [2.75, 3.05) is 11.4 Å². The molecular weight excluding hydrogens is 210 g/mol. The molecule has 0 unspecified atom stereocenters. The molecule has 1 rings (SSSR count). The predicted molar refractivity (Wildman–Crippen MR) is 73.3 cm³/mol. The molecular formula is C15H23NO. The summed E-state index contributed by atoms with van der Waals surface area (Å²) in [5.74, 6) is 0.130. The zero-order chi connectivity index (χ0) is 12.7. The van der Waals surface area contributed by atoms with E-state index < -0.39 is 0 Å². The fraction of sp³-hybridized carbons (Fsp3) is 0.533. The number of carbonyl (C=O) groups excluding carboxylic acids is 1. The second kappa shape index (κ2) is 7.10. The number of hydrogen-bond donors (Lipinski definition) is 0. The van der Waals surface area contributed by atoms with Crippen molar-refractivity contribution >= 4 is 11.6 Å². The second-order valence-electron chi connectivity index (χ2n) is 4.57. The Kier molecular flexibility index (Phi) is 5.75. The van der Waals surface area contributed by atoms with Crippen LogP contribution in [0.3, 0.4) is 0 Å². The summed E-state index contributed by atoms with van der Waals surface area (Å²) in [4.78, 5) is 13.5. The molecule has 0 aliphatic heterocycles. The van der Waals surface area contributed by atoms with Gasteiger partial charge in [0.1, 0.15) is 0 Å². The molecule has 0 atom stereocenters. The first-order valence-electron chi connectivity index (χ1n) is 6.50. The Labute approximate surface area is 105 Å². The van der Waals surface area contributed by atoms with Gasteiger partial charge in [0.05, 0.1) is 0 Å². The maximum atomic E-state index is 11.6. The van der Waals surface area contributed by atoms with Gasteiger partial charge in [-0.2, -0.15) is 0 Å². The molecule has 1 aromatic carbocycles. The molecule has 0 aliphatic rings. The minimum absolute atomic E-state index is 0.130. The number of anilines is 1. The third-order valence-electron chi connectivity index (χ3n) is 2.96. The van der Waals surface area contributed by atoms with Crippen LogP contribution in [0.5, 0.6) is 0 Å². The first kappa shape index (κ1) is 13.8. The van der Waals surface area contributed by atoms with Gasteiger partial charge in [0.25, 0.3) is 0 Å². The molecule has 2 nitrogen and oxygen atoms in total. The molecule has 0 radical (unpaired) electrons. The van der Waals surface area contributed by atoms with Crippen molar-refractivity contribution in [3.8, 4) is 0 Å². The predicted octanol–water partition coefficient (Wildman–Crippen LogP) is 3.93. The van der Waals surface area contributed by atoms with Crippen LogP contribution >= 0.6 is 0 Å². The Hall–Kier alpha value is -1.31. The van der Waals surface area contributed by atoms with Crippen LogP contribution < -0.4 is 4.90 Å². The van der Waals surface area contributed by atoms with E-state index in [2.05, 4.69) is 26.0 Å². The molecule has 17 heavy (non-hydrogen) atoms. The molecule has 0 bridgehead atoms. The smallest absolute Gasteiger partial charge is 0.223 e. The fourth-order valence-electron chi connectivity index (χ4n) is 1.89. The monoisotopic (exact) mass is 233 g/mol. The molecule has 94 valence electrons. The van der Waals surface area contributed by atoms with E-state index >= 15 is 0 Å². The number of carbonyl (C=O) groups is 1. The van der Waals surface area contributed by atoms with Crippen LogP contribution in [0.2, 0.25) is 0 Å². The number of hydrogen-bond acceptors (Lipinski definition) is 1. The summed E-state index contributed by atoms with van der Waals surface area (Å²) < 4.78 is 0. The third kappa shape index (κ3) is 4.59. The van der Waals surface area contributed by atoms with Crippen LogP contribution in [0.15, 0.2) is 24.3 Å². The topological polar surface area (TPSA) is 20.3 Å². The summed E-state index contributed by atoms with van der Waals surface area (Å²) >= 11 is 0. The highest BCUT2D eigenvalue weighted by Gasteiger charge is 2.10. The molecule has 0 aliphatic carbocycles. The van der Waals surface area contributed by atoms with Gasteiger partial charge in [-0.1, -0.05) is 43.9 Å². The average Bonchev–Trinajstić information content (AvgIpc) is 2.30. The molecule has 0 saturated carbocycles. The van der Waals surface area contributed by atoms with Crippen molar-refractivity contribution in [2.45, 2.75) is 46.5 Å². The van der Waals surface area contributed by atoms with Gasteiger partial charge >= 0.3 is 0 Å². The van der Waals surface area contributed by atoms with Crippen molar-refractivity contribution in [1.29, 1.82) is 0 Å². The first-order valence-corrected chi connectivity index (χ1v) is 6.50. The maximum absolute atomic E-state index is 11.6. The number of benzene rings is 1. The summed E-state index contributed by atoms with van der Waals surface area (Å²) in [6.07, 6.45) is 4.76. The normalized spacial score (nSPS) is 10.3. The molecule has 1 aromatic rings. The first-order chi connectivity index (χ1) is 8.15. The van der Waals surface area contributed by atoms with Crippen LogP contribution in [0, 0.1) is 6.92 Å². The van der Waals surface area contributed by atoms with E-state index in [1.54, 1.807) is 6.92 Å². The summed E-state index contributed by atoms with van der Waals surface area (Å²) in [6, 6.07) is 8.15. The van der Waals surface area contributed by atoms with Gasteiger partial charge in [-0.05, 0) is 25.5 Å². The van der Waals surface area contributed by atoms with E-state index in [9.17, 15) is 4.79 Å². The van der Waals surface area contributed by atoms with Gasteiger partial charge in [-0.3, -0.25) is 4.79 Å². The molecule has 1 amide bonds. The maximum Gasteiger partial charge on any atom is 0.223 e. The molecule has 0 spiro atoms. The highest BCUT2D eigenvalue weighted by atomic mass is 16.2. The highest BCUT2D eigenvalue weighted by molar-refractivity contribution is 5.91. The second-order valence-corrected chi connectivity index (χ2v) is 4.57. The number of amides is 1. The van der Waals surface area contributed by atoms with Crippen molar-refractivity contribution in [2.24, 2.45) is 0 Å². The van der Waals surface area contributed by atoms with Gasteiger partial charge in [0, 0.05) is 19.2 Å². The van der Waals surface area contributed by atoms with E-state index in [1.807, 2.05) is 17.0 Å². The zero-order valence-corrected chi connectivity index (χ0v) is 11.2. The van der Waals surface area contributed by atoms with E-state index in [-0.39, 0.29) is 5.91 Å². The van der Waals surface area contributed by atoms with Crippen molar-refractivity contribution in [3.05, 3.63) is 29.8 Å². The molecule has 0 saturated heterocycles. The Morgan fingerprint density at radius 1 is 1.12 bits per heavy atom. The van der Waals surface area contributed by atoms with Gasteiger partial charge in [0.15, 0.2) is 0 Å². The van der Waals surface area contributed by atoms with Crippen LogP contribution in [0.1, 0.15) is 45.1 Å². The van der Waals surface area contributed by atoms with Gasteiger partial charge < -0.3 is 4.90 Å². The highest BCUT2D eigenvalue weighted by Crippen LogP contribution is 2.16. The van der Waals surface area contributed by atoms with E-state index in [4.69, 9.17) is 0 Å². The number of rotatable bonds is 6. The van der Waals surface area contributed by atoms with Crippen molar-refractivity contribution in [1.82, 2.24) is 0 Å². The third-order valence-corrected chi connectivity index (χ3v) is 2.96. The fourth-order valence-corrected chi connectivity index (χ4v) is 1.89. The van der Waals surface area contributed by atoms with Gasteiger partial charge in [0.2, 0.25) is 5.91 Å². The standard InChI is InChI=1S/C15H23NO/c1-4-5-6-7-12-16(14(3)17)15-10-8-13(2)9-11-15/h8-11H,4-7,12H2,1-3H3. The van der Waals surface area contributed by atoms with Crippen molar-refractivity contribution in [3.63, 3.8) is 0 Å². The van der Waals surface area contributed by atoms with Crippen LogP contribution in [-0.4, -0.2) is 12.5 Å². The summed E-state index contributed by atoms with van der Waals surface area (Å²) in [7, 11) is 0. The molecule has 0 aromatic heterocycles. The lowest BCUT2D eigenvalue weighted by Gasteiger charge is -2.21. The Bertz CT molecular complexity index is 342. The SMILES string of the molecule is CCCCCCN(C(C)=O)c1ccc(C)cc1. The minimum Gasteiger partial charge on any atom is -0.313 e. The molecule has 0 N–H and O–H groups in total. The summed E-state index contributed by atoms with van der Waals surface area (Å²) in [5, 5.41) is 0. The molecule has 2 heteroatoms. The molecule has 0 fully saturated rings. The summed E-state index contributed by atoms with van der Waals surface area (Å²) in [5.41, 5.74) is 2.24. The van der Waals surface area contributed by atoms with Crippen molar-refractivity contribution < 1.29 is 4.79 Å². The van der Waals surface area contributed by atoms with E-state index in [0.717, 1.165) is 18.7 Å². The zero-order valence-electron chi connectivity index (χ0n) is 11.2. The number of nitrogens with zero attached hydrogens (tertiary/aromatic N) is 1. The Morgan fingerprint density at radius 3 is 2.29 bits per heavy atom. The van der Waals surface area contributed by atoms with Gasteiger partial charge in [-0.25, -0.2) is 0 Å². The number of aryl methyl sites for hydroxylation is 1. The lowest BCUT2D eigenvalue weighted by atomic mass is 10.1. The van der Waals surface area contributed by atoms with E-state index in [0.29, 0.717) is 0 Å². The lowest BCUT2D eigenvalue weighted by Crippen LogP contribution is -2.29. The quantitative estimate of drug-likeness (QED) is 0.682. The van der Waals surface area contributed by atoms with Crippen LogP contribution in [-0.2, 0) is 4.79 Å². The number of unbranched alkanes of at least 4 members (excludes halogenated alkanes) is 3. The minimum atomic E-state index is 0.130. The Balaban J connectivity index is 2.59. The Morgan fingerprint density at radius 2 is 1.76 bits per heavy atom. The van der Waals surface area contributed by atoms with Crippen LogP contribution in [0.25, 0.3) is 0 Å². The van der Waals surface area contributed by atoms with Crippen LogP contribution in [0.4, 0.5) is 5.69 Å². The van der Waals surface area contributed by atoms with E-state index in [1.165, 1.54) is 24.8 Å². The largest absolute Gasteiger partial charge is 0.313 e. The molecule has 0 heterocycles. The lowest BCUT2D eigenvalue weighted by molar-refractivity contribution is -0.116. The average molecular weight is 233 g/mol.